The van der Waals surface area contributed by atoms with Crippen molar-refractivity contribution in [2.75, 3.05) is 14.2 Å². The second kappa shape index (κ2) is 6.67. The molecule has 2 aliphatic rings. The van der Waals surface area contributed by atoms with Gasteiger partial charge in [-0.3, -0.25) is 0 Å². The molecule has 6 nitrogen and oxygen atoms in total. The van der Waals surface area contributed by atoms with Crippen LogP contribution in [-0.2, 0) is 0 Å². The Bertz CT molecular complexity index is 848. The maximum Gasteiger partial charge on any atom is 0.319 e. The fourth-order valence-corrected chi connectivity index (χ4v) is 2.84. The van der Waals surface area contributed by atoms with Gasteiger partial charge in [-0.2, -0.15) is 4.98 Å². The van der Waals surface area contributed by atoms with Gasteiger partial charge in [-0.15, -0.1) is 10.2 Å². The zero-order valence-corrected chi connectivity index (χ0v) is 14.5. The summed E-state index contributed by atoms with van der Waals surface area (Å²) in [7, 11) is 3.09. The standard InChI is InChI=1S/C19H20N4O2/c1-24-18-15(11-20-19(21-18)25-2)17-10-14(13-7-8-13)16(22-23-17)9-6-12-4-3-5-12/h10-13H,3-5,7-8H2,1-2H3. The summed E-state index contributed by atoms with van der Waals surface area (Å²) in [4.78, 5) is 8.39. The first-order valence-corrected chi connectivity index (χ1v) is 8.63. The van der Waals surface area contributed by atoms with Crippen LogP contribution in [0.5, 0.6) is 11.9 Å². The summed E-state index contributed by atoms with van der Waals surface area (Å²) in [6, 6.07) is 2.32. The summed E-state index contributed by atoms with van der Waals surface area (Å²) < 4.78 is 10.4. The number of rotatable bonds is 4. The zero-order valence-electron chi connectivity index (χ0n) is 14.5. The molecule has 0 radical (unpaired) electrons. The van der Waals surface area contributed by atoms with Gasteiger partial charge >= 0.3 is 6.01 Å². The third-order valence-electron chi connectivity index (χ3n) is 4.72. The lowest BCUT2D eigenvalue weighted by molar-refractivity contribution is 0.353. The van der Waals surface area contributed by atoms with Crippen LogP contribution in [0.2, 0.25) is 0 Å². The highest BCUT2D eigenvalue weighted by molar-refractivity contribution is 5.65. The van der Waals surface area contributed by atoms with Crippen molar-refractivity contribution in [2.24, 2.45) is 5.92 Å². The molecular formula is C19H20N4O2. The summed E-state index contributed by atoms with van der Waals surface area (Å²) in [6.07, 6.45) is 7.72. The predicted molar refractivity (Wildman–Crippen MR) is 92.4 cm³/mol. The molecule has 128 valence electrons. The maximum absolute atomic E-state index is 5.36. The first-order valence-electron chi connectivity index (χ1n) is 8.63. The molecule has 0 spiro atoms. The lowest BCUT2D eigenvalue weighted by atomic mass is 9.86. The number of hydrogen-bond acceptors (Lipinski definition) is 6. The van der Waals surface area contributed by atoms with Crippen LogP contribution in [0.25, 0.3) is 11.3 Å². The molecule has 2 aliphatic carbocycles. The fourth-order valence-electron chi connectivity index (χ4n) is 2.84. The summed E-state index contributed by atoms with van der Waals surface area (Å²) in [5.41, 5.74) is 3.40. The van der Waals surface area contributed by atoms with E-state index in [0.717, 1.165) is 5.69 Å². The van der Waals surface area contributed by atoms with E-state index < -0.39 is 0 Å². The van der Waals surface area contributed by atoms with Gasteiger partial charge in [0.05, 0.1) is 19.8 Å². The minimum atomic E-state index is 0.263. The van der Waals surface area contributed by atoms with E-state index in [1.54, 1.807) is 13.3 Å². The molecule has 0 N–H and O–H groups in total. The largest absolute Gasteiger partial charge is 0.480 e. The van der Waals surface area contributed by atoms with Gasteiger partial charge in [0.2, 0.25) is 5.88 Å². The van der Waals surface area contributed by atoms with Crippen molar-refractivity contribution in [3.63, 3.8) is 0 Å². The normalized spacial score (nSPS) is 16.6. The van der Waals surface area contributed by atoms with E-state index in [1.807, 2.05) is 0 Å². The Labute approximate surface area is 147 Å². The lowest BCUT2D eigenvalue weighted by Gasteiger charge is -2.18. The monoisotopic (exact) mass is 336 g/mol. The van der Waals surface area contributed by atoms with Gasteiger partial charge in [-0.1, -0.05) is 12.3 Å². The molecule has 2 fully saturated rings. The van der Waals surface area contributed by atoms with E-state index in [2.05, 4.69) is 38.1 Å². The van der Waals surface area contributed by atoms with Crippen molar-refractivity contribution in [2.45, 2.75) is 38.0 Å². The van der Waals surface area contributed by atoms with Crippen molar-refractivity contribution in [1.29, 1.82) is 0 Å². The second-order valence-electron chi connectivity index (χ2n) is 6.48. The molecular weight excluding hydrogens is 316 g/mol. The number of methoxy groups -OCH3 is 2. The van der Waals surface area contributed by atoms with E-state index >= 15 is 0 Å². The van der Waals surface area contributed by atoms with Gasteiger partial charge in [0.1, 0.15) is 11.4 Å². The fraction of sp³-hybridized carbons (Fsp3) is 0.474. The molecule has 0 aromatic carbocycles. The molecule has 2 aromatic rings. The number of nitrogens with zero attached hydrogens (tertiary/aromatic N) is 4. The molecule has 0 bridgehead atoms. The first-order chi connectivity index (χ1) is 12.3. The van der Waals surface area contributed by atoms with E-state index in [-0.39, 0.29) is 6.01 Å². The molecule has 0 saturated heterocycles. The van der Waals surface area contributed by atoms with E-state index in [0.29, 0.717) is 29.0 Å². The molecule has 6 heteroatoms. The Morgan fingerprint density at radius 1 is 1.08 bits per heavy atom. The molecule has 0 aliphatic heterocycles. The van der Waals surface area contributed by atoms with E-state index in [1.165, 1.54) is 44.8 Å². The van der Waals surface area contributed by atoms with Crippen molar-refractivity contribution in [3.8, 4) is 35.0 Å². The SMILES string of the molecule is COc1ncc(-c2cc(C3CC3)c(C#CC3CCC3)nn2)c(OC)n1. The molecule has 25 heavy (non-hydrogen) atoms. The van der Waals surface area contributed by atoms with Gasteiger partial charge in [-0.25, -0.2) is 4.98 Å². The van der Waals surface area contributed by atoms with Crippen molar-refractivity contribution in [1.82, 2.24) is 20.2 Å². The van der Waals surface area contributed by atoms with Crippen molar-refractivity contribution >= 4 is 0 Å². The van der Waals surface area contributed by atoms with Crippen LogP contribution < -0.4 is 9.47 Å². The zero-order chi connectivity index (χ0) is 17.2. The highest BCUT2D eigenvalue weighted by Gasteiger charge is 2.28. The molecule has 2 aromatic heterocycles. The van der Waals surface area contributed by atoms with Crippen molar-refractivity contribution < 1.29 is 9.47 Å². The van der Waals surface area contributed by atoms with Gasteiger partial charge in [0.15, 0.2) is 0 Å². The maximum atomic E-state index is 5.36. The van der Waals surface area contributed by atoms with Crippen LogP contribution in [0, 0.1) is 17.8 Å². The van der Waals surface area contributed by atoms with Crippen molar-refractivity contribution in [3.05, 3.63) is 23.5 Å². The van der Waals surface area contributed by atoms with Crippen LogP contribution in [0.1, 0.15) is 49.3 Å². The minimum Gasteiger partial charge on any atom is -0.480 e. The molecule has 4 rings (SSSR count). The predicted octanol–water partition coefficient (Wildman–Crippen LogP) is 2.98. The van der Waals surface area contributed by atoms with Crippen LogP contribution >= 0.6 is 0 Å². The van der Waals surface area contributed by atoms with E-state index in [9.17, 15) is 0 Å². The molecule has 2 heterocycles. The number of aromatic nitrogens is 4. The van der Waals surface area contributed by atoms with E-state index in [4.69, 9.17) is 9.47 Å². The van der Waals surface area contributed by atoms with Crippen LogP contribution in [0.3, 0.4) is 0 Å². The summed E-state index contributed by atoms with van der Waals surface area (Å²) in [5, 5.41) is 8.75. The number of ether oxygens (including phenoxy) is 2. The second-order valence-corrected chi connectivity index (χ2v) is 6.48. The highest BCUT2D eigenvalue weighted by Crippen LogP contribution is 2.42. The van der Waals surface area contributed by atoms with Gasteiger partial charge in [0, 0.05) is 12.1 Å². The molecule has 0 amide bonds. The van der Waals surface area contributed by atoms with Crippen LogP contribution in [0.15, 0.2) is 12.3 Å². The average molecular weight is 336 g/mol. The Morgan fingerprint density at radius 3 is 2.56 bits per heavy atom. The number of hydrogen-bond donors (Lipinski definition) is 0. The van der Waals surface area contributed by atoms with Crippen LogP contribution in [-0.4, -0.2) is 34.4 Å². The van der Waals surface area contributed by atoms with Gasteiger partial charge in [-0.05, 0) is 49.2 Å². The summed E-state index contributed by atoms with van der Waals surface area (Å²) in [5.74, 6) is 8.08. The quantitative estimate of drug-likeness (QED) is 0.800. The molecule has 0 unspecified atom stereocenters. The summed E-state index contributed by atoms with van der Waals surface area (Å²) >= 11 is 0. The van der Waals surface area contributed by atoms with Gasteiger partial charge in [0.25, 0.3) is 0 Å². The summed E-state index contributed by atoms with van der Waals surface area (Å²) in [6.45, 7) is 0. The Kier molecular flexibility index (Phi) is 4.22. The smallest absolute Gasteiger partial charge is 0.319 e. The lowest BCUT2D eigenvalue weighted by Crippen LogP contribution is -2.08. The first kappa shape index (κ1) is 15.8. The Hall–Kier alpha value is -2.68. The minimum absolute atomic E-state index is 0.263. The Balaban J connectivity index is 1.71. The third kappa shape index (κ3) is 3.27. The molecule has 0 atom stereocenters. The van der Waals surface area contributed by atoms with Crippen LogP contribution in [0.4, 0.5) is 0 Å². The third-order valence-corrected chi connectivity index (χ3v) is 4.72. The highest BCUT2D eigenvalue weighted by atomic mass is 16.5. The van der Waals surface area contributed by atoms with Gasteiger partial charge < -0.3 is 9.47 Å². The topological polar surface area (TPSA) is 70.0 Å². The molecule has 2 saturated carbocycles. The average Bonchev–Trinajstić information content (AvgIpc) is 3.45. The Morgan fingerprint density at radius 2 is 1.92 bits per heavy atom.